The smallest absolute Gasteiger partial charge is 0.331 e. The van der Waals surface area contributed by atoms with Gasteiger partial charge in [0.25, 0.3) is 0 Å². The van der Waals surface area contributed by atoms with E-state index in [-0.39, 0.29) is 12.0 Å². The second kappa shape index (κ2) is 10.6. The molecule has 2 aliphatic rings. The summed E-state index contributed by atoms with van der Waals surface area (Å²) in [6, 6.07) is 7.37. The number of benzene rings is 1. The number of epoxide rings is 1. The normalized spacial score (nSPS) is 33.5. The quantitative estimate of drug-likeness (QED) is 0.185. The van der Waals surface area contributed by atoms with Gasteiger partial charge in [0.05, 0.1) is 30.6 Å². The van der Waals surface area contributed by atoms with Crippen LogP contribution in [0.3, 0.4) is 0 Å². The van der Waals surface area contributed by atoms with Crippen molar-refractivity contribution >= 4 is 23.6 Å². The van der Waals surface area contributed by atoms with E-state index in [2.05, 4.69) is 6.08 Å². The minimum atomic E-state index is -1.17. The molecule has 6 nitrogen and oxygen atoms in total. The molecule has 3 rings (SSSR count). The summed E-state index contributed by atoms with van der Waals surface area (Å²) >= 11 is 6.24. The van der Waals surface area contributed by atoms with Crippen LogP contribution in [0.5, 0.6) is 5.75 Å². The van der Waals surface area contributed by atoms with Crippen molar-refractivity contribution < 1.29 is 28.8 Å². The number of halogens is 1. The Labute approximate surface area is 201 Å². The Morgan fingerprint density at radius 2 is 1.97 bits per heavy atom. The molecule has 6 unspecified atom stereocenters. The van der Waals surface area contributed by atoms with Crippen LogP contribution in [0.2, 0.25) is 0 Å². The number of hydrogen-bond donors (Lipinski definition) is 1. The van der Waals surface area contributed by atoms with Gasteiger partial charge in [-0.05, 0) is 63.8 Å². The number of aliphatic hydroxyl groups is 1. The van der Waals surface area contributed by atoms with Gasteiger partial charge in [-0.15, -0.1) is 11.6 Å². The Balaban J connectivity index is 1.73. The van der Waals surface area contributed by atoms with Gasteiger partial charge in [-0.2, -0.15) is 0 Å². The molecule has 0 spiro atoms. The molecule has 0 amide bonds. The van der Waals surface area contributed by atoms with Gasteiger partial charge in [0, 0.05) is 13.2 Å². The van der Waals surface area contributed by atoms with Crippen molar-refractivity contribution in [2.45, 2.75) is 69.5 Å². The summed E-state index contributed by atoms with van der Waals surface area (Å²) in [5.74, 6) is -0.0865. The highest BCUT2D eigenvalue weighted by atomic mass is 35.5. The monoisotopic (exact) mass is 478 g/mol. The number of esters is 1. The first kappa shape index (κ1) is 25.8. The SMILES string of the molecule is COc1ccc(/C=C/C(=O)OC2CCC(O)(CCl)C(C3(C)OC3CC=C(C)C)C2OC)cc1. The molecule has 33 heavy (non-hydrogen) atoms. The van der Waals surface area contributed by atoms with Crippen molar-refractivity contribution in [2.24, 2.45) is 5.92 Å². The van der Waals surface area contributed by atoms with Gasteiger partial charge < -0.3 is 24.1 Å². The number of alkyl halides is 1. The van der Waals surface area contributed by atoms with Gasteiger partial charge in [0.2, 0.25) is 0 Å². The maximum absolute atomic E-state index is 12.6. The molecule has 1 N–H and O–H groups in total. The first-order valence-electron chi connectivity index (χ1n) is 11.3. The fourth-order valence-electron chi connectivity index (χ4n) is 4.89. The second-order valence-corrected chi connectivity index (χ2v) is 9.61. The van der Waals surface area contributed by atoms with Crippen LogP contribution in [0.1, 0.15) is 45.6 Å². The van der Waals surface area contributed by atoms with E-state index in [1.807, 2.05) is 45.0 Å². The number of allylic oxidation sites excluding steroid dienone is 1. The van der Waals surface area contributed by atoms with Crippen molar-refractivity contribution in [2.75, 3.05) is 20.1 Å². The average Bonchev–Trinajstić information content (AvgIpc) is 3.47. The van der Waals surface area contributed by atoms with Crippen LogP contribution in [-0.4, -0.2) is 60.7 Å². The van der Waals surface area contributed by atoms with Crippen LogP contribution in [0.15, 0.2) is 42.0 Å². The lowest BCUT2D eigenvalue weighted by Gasteiger charge is -2.48. The number of hydrogen-bond acceptors (Lipinski definition) is 6. The molecule has 0 aromatic heterocycles. The first-order valence-corrected chi connectivity index (χ1v) is 11.9. The molecule has 1 saturated heterocycles. The fourth-order valence-corrected chi connectivity index (χ4v) is 5.19. The molecular weight excluding hydrogens is 444 g/mol. The van der Waals surface area contributed by atoms with Gasteiger partial charge in [-0.25, -0.2) is 4.79 Å². The molecule has 6 atom stereocenters. The zero-order valence-electron chi connectivity index (χ0n) is 20.0. The van der Waals surface area contributed by atoms with Gasteiger partial charge in [0.1, 0.15) is 23.6 Å². The highest BCUT2D eigenvalue weighted by molar-refractivity contribution is 6.18. The van der Waals surface area contributed by atoms with E-state index >= 15 is 0 Å². The molecular formula is C26H35ClO6. The van der Waals surface area contributed by atoms with Crippen molar-refractivity contribution in [3.05, 3.63) is 47.6 Å². The lowest BCUT2D eigenvalue weighted by molar-refractivity contribution is -0.189. The van der Waals surface area contributed by atoms with E-state index in [1.165, 1.54) is 11.6 Å². The third-order valence-electron chi connectivity index (χ3n) is 6.77. The van der Waals surface area contributed by atoms with Crippen LogP contribution in [-0.2, 0) is 19.0 Å². The minimum absolute atomic E-state index is 0.0470. The van der Waals surface area contributed by atoms with Gasteiger partial charge >= 0.3 is 5.97 Å². The standard InChI is InChI=1S/C26H35ClO6/c1-17(2)6-12-21-25(3,33-21)24-23(31-5)20(14-15-26(24,29)16-27)32-22(28)13-9-18-7-10-19(30-4)11-8-18/h6-11,13,20-21,23-24,29H,12,14-16H2,1-5H3/b13-9+. The van der Waals surface area contributed by atoms with E-state index in [1.54, 1.807) is 20.3 Å². The van der Waals surface area contributed by atoms with Crippen LogP contribution in [0.4, 0.5) is 0 Å². The van der Waals surface area contributed by atoms with Crippen LogP contribution >= 0.6 is 11.6 Å². The zero-order chi connectivity index (χ0) is 24.2. The number of methoxy groups -OCH3 is 2. The van der Waals surface area contributed by atoms with Crippen LogP contribution in [0, 0.1) is 5.92 Å². The molecule has 1 aliphatic carbocycles. The Bertz CT molecular complexity index is 877. The number of ether oxygens (including phenoxy) is 4. The molecule has 182 valence electrons. The molecule has 1 aliphatic heterocycles. The summed E-state index contributed by atoms with van der Waals surface area (Å²) < 4.78 is 22.8. The maximum atomic E-state index is 12.6. The second-order valence-electron chi connectivity index (χ2n) is 9.34. The summed E-state index contributed by atoms with van der Waals surface area (Å²) in [6.07, 6.45) is 5.72. The number of carbonyl (C=O) groups excluding carboxylic acids is 1. The molecule has 1 saturated carbocycles. The Kier molecular flexibility index (Phi) is 8.27. The van der Waals surface area contributed by atoms with Gasteiger partial charge in [-0.3, -0.25) is 0 Å². The molecule has 0 radical (unpaired) electrons. The van der Waals surface area contributed by atoms with Crippen molar-refractivity contribution in [3.8, 4) is 5.75 Å². The highest BCUT2D eigenvalue weighted by Gasteiger charge is 2.67. The van der Waals surface area contributed by atoms with Crippen molar-refractivity contribution in [1.82, 2.24) is 0 Å². The molecule has 1 aromatic rings. The van der Waals surface area contributed by atoms with Gasteiger partial charge in [0.15, 0.2) is 0 Å². The van der Waals surface area contributed by atoms with E-state index in [0.29, 0.717) is 12.8 Å². The predicted molar refractivity (Wildman–Crippen MR) is 128 cm³/mol. The van der Waals surface area contributed by atoms with Gasteiger partial charge in [-0.1, -0.05) is 23.8 Å². The number of carbonyl (C=O) groups is 1. The first-order chi connectivity index (χ1) is 15.7. The summed E-state index contributed by atoms with van der Waals surface area (Å²) in [5, 5.41) is 11.4. The summed E-state index contributed by atoms with van der Waals surface area (Å²) in [6.45, 7) is 6.07. The Morgan fingerprint density at radius 1 is 1.27 bits per heavy atom. The summed E-state index contributed by atoms with van der Waals surface area (Å²) in [4.78, 5) is 12.6. The number of rotatable bonds is 9. The van der Waals surface area contributed by atoms with Crippen molar-refractivity contribution in [3.63, 3.8) is 0 Å². The minimum Gasteiger partial charge on any atom is -0.497 e. The summed E-state index contributed by atoms with van der Waals surface area (Å²) in [7, 11) is 3.18. The highest BCUT2D eigenvalue weighted by Crippen LogP contribution is 2.54. The lowest BCUT2D eigenvalue weighted by atomic mass is 9.66. The van der Waals surface area contributed by atoms with E-state index in [0.717, 1.165) is 17.7 Å². The van der Waals surface area contributed by atoms with Crippen LogP contribution < -0.4 is 4.74 Å². The third-order valence-corrected chi connectivity index (χ3v) is 7.23. The summed E-state index contributed by atoms with van der Waals surface area (Å²) in [5.41, 5.74) is 0.289. The molecule has 1 aromatic carbocycles. The predicted octanol–water partition coefficient (Wildman–Crippen LogP) is 4.53. The van der Waals surface area contributed by atoms with Crippen LogP contribution in [0.25, 0.3) is 6.08 Å². The molecule has 0 bridgehead atoms. The fraction of sp³-hybridized carbons (Fsp3) is 0.577. The van der Waals surface area contributed by atoms with E-state index in [9.17, 15) is 9.90 Å². The molecule has 1 heterocycles. The van der Waals surface area contributed by atoms with E-state index in [4.69, 9.17) is 30.5 Å². The third kappa shape index (κ3) is 5.80. The Morgan fingerprint density at radius 3 is 2.55 bits per heavy atom. The van der Waals surface area contributed by atoms with E-state index < -0.39 is 35.3 Å². The topological polar surface area (TPSA) is 77.5 Å². The average molecular weight is 479 g/mol. The largest absolute Gasteiger partial charge is 0.497 e. The lowest BCUT2D eigenvalue weighted by Crippen LogP contribution is -2.61. The molecule has 7 heteroatoms. The Hall–Kier alpha value is -1.86. The molecule has 2 fully saturated rings. The van der Waals surface area contributed by atoms with Crippen molar-refractivity contribution in [1.29, 1.82) is 0 Å². The maximum Gasteiger partial charge on any atom is 0.331 e. The zero-order valence-corrected chi connectivity index (χ0v) is 20.8.